The molecule has 36 heavy (non-hydrogen) atoms. The number of nitrogens with one attached hydrogen (secondary N) is 1. The molecule has 5 rings (SSSR count). The lowest BCUT2D eigenvalue weighted by Gasteiger charge is -2.25. The second kappa shape index (κ2) is 10.3. The second-order valence-electron chi connectivity index (χ2n) is 9.45. The van der Waals surface area contributed by atoms with Crippen LogP contribution in [0.1, 0.15) is 60.5 Å². The van der Waals surface area contributed by atoms with E-state index in [-0.39, 0.29) is 18.1 Å². The Labute approximate surface area is 208 Å². The third kappa shape index (κ3) is 5.12. The van der Waals surface area contributed by atoms with Crippen molar-refractivity contribution in [2.75, 3.05) is 0 Å². The number of aliphatic carboxylic acids is 1. The minimum absolute atomic E-state index is 0.133. The van der Waals surface area contributed by atoms with E-state index in [1.54, 1.807) is 48.9 Å². The third-order valence-electron chi connectivity index (χ3n) is 6.85. The number of nitrogens with zero attached hydrogens (tertiary/aromatic N) is 2. The molecular weight excluding hydrogens is 458 g/mol. The van der Waals surface area contributed by atoms with Crippen molar-refractivity contribution in [1.29, 1.82) is 0 Å². The summed E-state index contributed by atoms with van der Waals surface area (Å²) in [5, 5.41) is 21.7. The number of phenolic OH excluding ortho intramolecular Hbond substituents is 1. The van der Waals surface area contributed by atoms with Crippen LogP contribution in [0, 0.1) is 0 Å². The molecule has 1 atom stereocenters. The number of carbonyl (C=O) groups excluding carboxylic acids is 1. The van der Waals surface area contributed by atoms with Gasteiger partial charge in [0, 0.05) is 17.6 Å². The predicted molar refractivity (Wildman–Crippen MR) is 135 cm³/mol. The zero-order valence-electron chi connectivity index (χ0n) is 19.9. The highest BCUT2D eigenvalue weighted by Crippen LogP contribution is 2.36. The SMILES string of the molecule is O=C(O)C[C@H](Cc1ccc(O)cc1)NC(=O)c1ccc2c(c1)nc(-c1ccoc1)n2C1CCCCC1. The average molecular weight is 488 g/mol. The zero-order valence-corrected chi connectivity index (χ0v) is 19.9. The number of aromatic nitrogens is 2. The maximum atomic E-state index is 13.2. The molecule has 1 saturated carbocycles. The molecule has 0 aliphatic heterocycles. The topological polar surface area (TPSA) is 118 Å². The van der Waals surface area contributed by atoms with Gasteiger partial charge in [-0.15, -0.1) is 0 Å². The van der Waals surface area contributed by atoms with E-state index in [1.165, 1.54) is 19.3 Å². The molecule has 2 aromatic heterocycles. The lowest BCUT2D eigenvalue weighted by molar-refractivity contribution is -0.137. The van der Waals surface area contributed by atoms with Gasteiger partial charge in [0.2, 0.25) is 0 Å². The molecule has 186 valence electrons. The molecular formula is C28H29N3O5. The van der Waals surface area contributed by atoms with Crippen molar-refractivity contribution in [3.8, 4) is 17.1 Å². The number of hydrogen-bond donors (Lipinski definition) is 3. The van der Waals surface area contributed by atoms with E-state index in [0.29, 0.717) is 18.0 Å². The molecule has 2 heterocycles. The Balaban J connectivity index is 1.43. The summed E-state index contributed by atoms with van der Waals surface area (Å²) in [5.41, 5.74) is 3.85. The molecule has 3 N–H and O–H groups in total. The fraction of sp³-hybridized carbons (Fsp3) is 0.321. The standard InChI is InChI=1S/C28H29N3O5/c32-23-9-6-18(7-10-23)14-21(16-26(33)34)29-28(35)19-8-11-25-24(15-19)30-27(20-12-13-36-17-20)31(25)22-4-2-1-3-5-22/h6-13,15,17,21-22,32H,1-5,14,16H2,(H,29,35)(H,33,34)/t21-/m0/s1. The molecule has 8 nitrogen and oxygen atoms in total. The van der Waals surface area contributed by atoms with Gasteiger partial charge in [-0.1, -0.05) is 31.4 Å². The first kappa shape index (κ1) is 23.7. The van der Waals surface area contributed by atoms with Crippen molar-refractivity contribution in [2.24, 2.45) is 0 Å². The van der Waals surface area contributed by atoms with Crippen LogP contribution in [0.2, 0.25) is 0 Å². The van der Waals surface area contributed by atoms with Crippen molar-refractivity contribution in [1.82, 2.24) is 14.9 Å². The van der Waals surface area contributed by atoms with E-state index < -0.39 is 12.0 Å². The van der Waals surface area contributed by atoms with E-state index in [4.69, 9.17) is 9.40 Å². The number of carboxylic acid groups (broad SMARTS) is 1. The molecule has 1 amide bonds. The van der Waals surface area contributed by atoms with Crippen molar-refractivity contribution in [2.45, 2.75) is 57.0 Å². The number of rotatable bonds is 8. The maximum Gasteiger partial charge on any atom is 0.305 e. The highest BCUT2D eigenvalue weighted by molar-refractivity contribution is 5.98. The molecule has 1 aliphatic carbocycles. The molecule has 1 fully saturated rings. The van der Waals surface area contributed by atoms with Crippen LogP contribution < -0.4 is 5.32 Å². The van der Waals surface area contributed by atoms with Crippen LogP contribution in [0.4, 0.5) is 0 Å². The van der Waals surface area contributed by atoms with Gasteiger partial charge < -0.3 is 24.5 Å². The van der Waals surface area contributed by atoms with Crippen LogP contribution in [0.3, 0.4) is 0 Å². The number of carbonyl (C=O) groups is 2. The van der Waals surface area contributed by atoms with E-state index in [2.05, 4.69) is 9.88 Å². The van der Waals surface area contributed by atoms with Crippen LogP contribution in [0.5, 0.6) is 5.75 Å². The zero-order chi connectivity index (χ0) is 25.1. The number of fused-ring (bicyclic) bond motifs is 1. The van der Waals surface area contributed by atoms with Crippen LogP contribution in [-0.4, -0.2) is 37.7 Å². The molecule has 0 bridgehead atoms. The van der Waals surface area contributed by atoms with Gasteiger partial charge in [-0.2, -0.15) is 0 Å². The van der Waals surface area contributed by atoms with Gasteiger partial charge in [0.15, 0.2) is 0 Å². The lowest BCUT2D eigenvalue weighted by Crippen LogP contribution is -2.38. The normalized spacial score (nSPS) is 15.1. The number of carboxylic acids is 1. The summed E-state index contributed by atoms with van der Waals surface area (Å²) in [6.07, 6.45) is 9.24. The van der Waals surface area contributed by atoms with E-state index in [9.17, 15) is 19.8 Å². The number of phenols is 1. The summed E-state index contributed by atoms with van der Waals surface area (Å²) in [4.78, 5) is 29.5. The summed E-state index contributed by atoms with van der Waals surface area (Å²) in [7, 11) is 0. The van der Waals surface area contributed by atoms with Gasteiger partial charge in [0.25, 0.3) is 5.91 Å². The quantitative estimate of drug-likeness (QED) is 0.309. The monoisotopic (exact) mass is 487 g/mol. The smallest absolute Gasteiger partial charge is 0.305 e. The van der Waals surface area contributed by atoms with Crippen LogP contribution in [-0.2, 0) is 11.2 Å². The van der Waals surface area contributed by atoms with E-state index in [0.717, 1.165) is 40.8 Å². The van der Waals surface area contributed by atoms with Crippen LogP contribution >= 0.6 is 0 Å². The Morgan fingerprint density at radius 1 is 1.08 bits per heavy atom. The summed E-state index contributed by atoms with van der Waals surface area (Å²) in [5.74, 6) is -0.378. The van der Waals surface area contributed by atoms with Crippen molar-refractivity contribution in [3.05, 3.63) is 72.2 Å². The predicted octanol–water partition coefficient (Wildman–Crippen LogP) is 5.32. The average Bonchev–Trinajstić information content (AvgIpc) is 3.53. The molecule has 2 aromatic carbocycles. The summed E-state index contributed by atoms with van der Waals surface area (Å²) in [6, 6.07) is 13.6. The largest absolute Gasteiger partial charge is 0.508 e. The number of hydrogen-bond acceptors (Lipinski definition) is 5. The second-order valence-corrected chi connectivity index (χ2v) is 9.45. The van der Waals surface area contributed by atoms with Gasteiger partial charge in [0.05, 0.1) is 29.3 Å². The number of amides is 1. The summed E-state index contributed by atoms with van der Waals surface area (Å²) in [6.45, 7) is 0. The van der Waals surface area contributed by atoms with E-state index in [1.807, 2.05) is 12.1 Å². The molecule has 1 aliphatic rings. The Hall–Kier alpha value is -4.07. The fourth-order valence-electron chi connectivity index (χ4n) is 5.11. The molecule has 4 aromatic rings. The molecule has 0 unspecified atom stereocenters. The van der Waals surface area contributed by atoms with E-state index >= 15 is 0 Å². The first-order chi connectivity index (χ1) is 17.5. The molecule has 8 heteroatoms. The van der Waals surface area contributed by atoms with Crippen molar-refractivity contribution < 1.29 is 24.2 Å². The van der Waals surface area contributed by atoms with Crippen molar-refractivity contribution in [3.63, 3.8) is 0 Å². The molecule has 0 saturated heterocycles. The van der Waals surface area contributed by atoms with Crippen LogP contribution in [0.25, 0.3) is 22.4 Å². The molecule has 0 radical (unpaired) electrons. The van der Waals surface area contributed by atoms with Crippen LogP contribution in [0.15, 0.2) is 65.5 Å². The van der Waals surface area contributed by atoms with Crippen molar-refractivity contribution >= 4 is 22.9 Å². The highest BCUT2D eigenvalue weighted by Gasteiger charge is 2.24. The lowest BCUT2D eigenvalue weighted by atomic mass is 9.95. The number of furan rings is 1. The van der Waals surface area contributed by atoms with Gasteiger partial charge in [-0.3, -0.25) is 9.59 Å². The highest BCUT2D eigenvalue weighted by atomic mass is 16.4. The fourth-order valence-corrected chi connectivity index (χ4v) is 5.11. The Morgan fingerprint density at radius 2 is 1.86 bits per heavy atom. The number of aromatic hydroxyl groups is 1. The van der Waals surface area contributed by atoms with Gasteiger partial charge in [0.1, 0.15) is 17.8 Å². The van der Waals surface area contributed by atoms with Gasteiger partial charge in [-0.25, -0.2) is 4.98 Å². The number of imidazole rings is 1. The third-order valence-corrected chi connectivity index (χ3v) is 6.85. The number of benzene rings is 2. The van der Waals surface area contributed by atoms with Gasteiger partial charge >= 0.3 is 5.97 Å². The molecule has 0 spiro atoms. The minimum Gasteiger partial charge on any atom is -0.508 e. The Kier molecular flexibility index (Phi) is 6.75. The first-order valence-corrected chi connectivity index (χ1v) is 12.3. The summed E-state index contributed by atoms with van der Waals surface area (Å²) >= 11 is 0. The summed E-state index contributed by atoms with van der Waals surface area (Å²) < 4.78 is 7.60. The Bertz CT molecular complexity index is 1350. The first-order valence-electron chi connectivity index (χ1n) is 12.3. The van der Waals surface area contributed by atoms with Gasteiger partial charge in [-0.05, 0) is 61.2 Å². The Morgan fingerprint density at radius 3 is 2.56 bits per heavy atom. The minimum atomic E-state index is -0.995. The maximum absolute atomic E-state index is 13.2.